The second-order valence-electron chi connectivity index (χ2n) is 6.78. The van der Waals surface area contributed by atoms with E-state index in [4.69, 9.17) is 5.73 Å². The van der Waals surface area contributed by atoms with Gasteiger partial charge < -0.3 is 16.0 Å². The maximum Gasteiger partial charge on any atom is 0.159 e. The molecule has 4 aromatic rings. The van der Waals surface area contributed by atoms with E-state index < -0.39 is 0 Å². The van der Waals surface area contributed by atoms with Crippen molar-refractivity contribution >= 4 is 23.0 Å². The first-order valence-electron chi connectivity index (χ1n) is 9.55. The highest BCUT2D eigenvalue weighted by Gasteiger charge is 2.16. The van der Waals surface area contributed by atoms with Crippen molar-refractivity contribution in [2.45, 2.75) is 13.1 Å². The molecule has 3 N–H and O–H groups in total. The predicted octanol–water partition coefficient (Wildman–Crippen LogP) is 5.01. The third-order valence-electron chi connectivity index (χ3n) is 4.63. The first kappa shape index (κ1) is 18.5. The van der Waals surface area contributed by atoms with Crippen LogP contribution in [0.3, 0.4) is 0 Å². The summed E-state index contributed by atoms with van der Waals surface area (Å²) in [7, 11) is 0. The summed E-state index contributed by atoms with van der Waals surface area (Å²) in [4.78, 5) is 11.1. The molecule has 5 nitrogen and oxygen atoms in total. The van der Waals surface area contributed by atoms with E-state index in [1.807, 2.05) is 66.7 Å². The molecule has 0 saturated carbocycles. The Kier molecular flexibility index (Phi) is 5.67. The molecule has 0 saturated heterocycles. The molecule has 0 aliphatic heterocycles. The zero-order chi connectivity index (χ0) is 19.9. The number of rotatable bonds is 7. The summed E-state index contributed by atoms with van der Waals surface area (Å²) in [6.45, 7) is 1.39. The molecule has 0 aliphatic rings. The van der Waals surface area contributed by atoms with Crippen LogP contribution in [0.1, 0.15) is 11.1 Å². The predicted molar refractivity (Wildman–Crippen MR) is 119 cm³/mol. The molecule has 3 aromatic carbocycles. The van der Waals surface area contributed by atoms with Crippen molar-refractivity contribution in [2.75, 3.05) is 16.0 Å². The van der Waals surface area contributed by atoms with Crippen LogP contribution in [-0.2, 0) is 13.1 Å². The van der Waals surface area contributed by atoms with E-state index in [-0.39, 0.29) is 0 Å². The van der Waals surface area contributed by atoms with Crippen molar-refractivity contribution < 1.29 is 0 Å². The number of hydrogen-bond donors (Lipinski definition) is 2. The Balaban J connectivity index is 1.67. The molecule has 1 heterocycles. The average molecular weight is 381 g/mol. The van der Waals surface area contributed by atoms with Crippen molar-refractivity contribution in [1.82, 2.24) is 9.97 Å². The second-order valence-corrected chi connectivity index (χ2v) is 6.78. The molecule has 0 bridgehead atoms. The number of nitrogens with two attached hydrogens (primary N) is 1. The highest BCUT2D eigenvalue weighted by atomic mass is 15.2. The number of hydrogen-bond acceptors (Lipinski definition) is 5. The van der Waals surface area contributed by atoms with Gasteiger partial charge in [-0.2, -0.15) is 0 Å². The lowest BCUT2D eigenvalue weighted by atomic mass is 10.1. The maximum absolute atomic E-state index is 6.51. The zero-order valence-electron chi connectivity index (χ0n) is 16.1. The number of nitrogen functional groups attached to an aromatic ring is 1. The molecular weight excluding hydrogens is 358 g/mol. The fourth-order valence-electron chi connectivity index (χ4n) is 3.21. The minimum Gasteiger partial charge on any atom is -0.393 e. The summed E-state index contributed by atoms with van der Waals surface area (Å²) in [5.74, 6) is 1.32. The summed E-state index contributed by atoms with van der Waals surface area (Å²) in [6, 6.07) is 30.5. The van der Waals surface area contributed by atoms with Crippen LogP contribution in [0.4, 0.5) is 23.0 Å². The number of anilines is 4. The van der Waals surface area contributed by atoms with Gasteiger partial charge in [0, 0.05) is 18.8 Å². The van der Waals surface area contributed by atoms with Crippen LogP contribution in [0.2, 0.25) is 0 Å². The zero-order valence-corrected chi connectivity index (χ0v) is 16.1. The van der Waals surface area contributed by atoms with Crippen LogP contribution in [-0.4, -0.2) is 9.97 Å². The normalized spacial score (nSPS) is 10.5. The van der Waals surface area contributed by atoms with Gasteiger partial charge in [-0.25, -0.2) is 9.97 Å². The van der Waals surface area contributed by atoms with Gasteiger partial charge in [0.05, 0.1) is 0 Å². The lowest BCUT2D eigenvalue weighted by molar-refractivity contribution is 0.782. The SMILES string of the molecule is Nc1c(Nc2ccccc2)ncnc1N(Cc1ccccc1)Cc1ccccc1. The Morgan fingerprint density at radius 2 is 1.21 bits per heavy atom. The highest BCUT2D eigenvalue weighted by molar-refractivity contribution is 5.78. The monoisotopic (exact) mass is 381 g/mol. The van der Waals surface area contributed by atoms with E-state index in [9.17, 15) is 0 Å². The van der Waals surface area contributed by atoms with E-state index >= 15 is 0 Å². The molecule has 144 valence electrons. The van der Waals surface area contributed by atoms with Gasteiger partial charge in [-0.1, -0.05) is 78.9 Å². The van der Waals surface area contributed by atoms with Crippen LogP contribution in [0.5, 0.6) is 0 Å². The number of nitrogens with zero attached hydrogens (tertiary/aromatic N) is 3. The third-order valence-corrected chi connectivity index (χ3v) is 4.63. The van der Waals surface area contributed by atoms with Gasteiger partial charge in [0.1, 0.15) is 12.0 Å². The van der Waals surface area contributed by atoms with Crippen molar-refractivity contribution in [3.05, 3.63) is 108 Å². The summed E-state index contributed by atoms with van der Waals surface area (Å²) in [5.41, 5.74) is 10.4. The molecular formula is C24H23N5. The van der Waals surface area contributed by atoms with Crippen LogP contribution >= 0.6 is 0 Å². The molecule has 0 fully saturated rings. The summed E-state index contributed by atoms with van der Waals surface area (Å²) < 4.78 is 0. The molecule has 0 unspecified atom stereocenters. The quantitative estimate of drug-likeness (QED) is 0.471. The van der Waals surface area contributed by atoms with Crippen molar-refractivity contribution in [3.8, 4) is 0 Å². The summed E-state index contributed by atoms with van der Waals surface area (Å²) in [6.07, 6.45) is 1.56. The minimum absolute atomic E-state index is 0.531. The van der Waals surface area contributed by atoms with E-state index in [2.05, 4.69) is 44.5 Å². The Bertz CT molecular complexity index is 995. The van der Waals surface area contributed by atoms with E-state index in [0.29, 0.717) is 30.4 Å². The van der Waals surface area contributed by atoms with Gasteiger partial charge >= 0.3 is 0 Å². The van der Waals surface area contributed by atoms with E-state index in [1.54, 1.807) is 6.33 Å². The second kappa shape index (κ2) is 8.89. The Hall–Kier alpha value is -3.86. The molecule has 5 heteroatoms. The fraction of sp³-hybridized carbons (Fsp3) is 0.0833. The number of benzene rings is 3. The topological polar surface area (TPSA) is 67.1 Å². The molecule has 0 spiro atoms. The molecule has 29 heavy (non-hydrogen) atoms. The van der Waals surface area contributed by atoms with Gasteiger partial charge in [-0.15, -0.1) is 0 Å². The molecule has 4 rings (SSSR count). The van der Waals surface area contributed by atoms with Gasteiger partial charge in [-0.3, -0.25) is 0 Å². The Morgan fingerprint density at radius 3 is 1.76 bits per heavy atom. The lowest BCUT2D eigenvalue weighted by Gasteiger charge is -2.26. The van der Waals surface area contributed by atoms with Crippen molar-refractivity contribution in [1.29, 1.82) is 0 Å². The lowest BCUT2D eigenvalue weighted by Crippen LogP contribution is -2.24. The van der Waals surface area contributed by atoms with Crippen molar-refractivity contribution in [2.24, 2.45) is 0 Å². The van der Waals surface area contributed by atoms with Crippen LogP contribution in [0, 0.1) is 0 Å². The maximum atomic E-state index is 6.51. The molecule has 1 aromatic heterocycles. The largest absolute Gasteiger partial charge is 0.393 e. The standard InChI is InChI=1S/C24H23N5/c25-22-23(28-21-14-8-3-9-15-21)26-18-27-24(22)29(16-19-10-4-1-5-11-19)17-20-12-6-2-7-13-20/h1-15,18H,16-17,25H2,(H,26,27,28). The van der Waals surface area contributed by atoms with Crippen LogP contribution in [0.25, 0.3) is 0 Å². The van der Waals surface area contributed by atoms with Crippen LogP contribution < -0.4 is 16.0 Å². The highest BCUT2D eigenvalue weighted by Crippen LogP contribution is 2.30. The molecule has 0 atom stereocenters. The van der Waals surface area contributed by atoms with Crippen LogP contribution in [0.15, 0.2) is 97.3 Å². The fourth-order valence-corrected chi connectivity index (χ4v) is 3.21. The van der Waals surface area contributed by atoms with Crippen molar-refractivity contribution in [3.63, 3.8) is 0 Å². The average Bonchev–Trinajstić information content (AvgIpc) is 2.77. The van der Waals surface area contributed by atoms with Gasteiger partial charge in [0.25, 0.3) is 0 Å². The smallest absolute Gasteiger partial charge is 0.159 e. The number of aromatic nitrogens is 2. The third kappa shape index (κ3) is 4.71. The first-order valence-corrected chi connectivity index (χ1v) is 9.55. The van der Waals surface area contributed by atoms with Gasteiger partial charge in [-0.05, 0) is 23.3 Å². The van der Waals surface area contributed by atoms with Gasteiger partial charge in [0.2, 0.25) is 0 Å². The molecule has 0 radical (unpaired) electrons. The minimum atomic E-state index is 0.531. The Morgan fingerprint density at radius 1 is 0.690 bits per heavy atom. The van der Waals surface area contributed by atoms with Gasteiger partial charge in [0.15, 0.2) is 11.6 Å². The van der Waals surface area contributed by atoms with E-state index in [1.165, 1.54) is 11.1 Å². The Labute approximate surface area is 170 Å². The summed E-state index contributed by atoms with van der Waals surface area (Å²) in [5, 5.41) is 3.29. The molecule has 0 amide bonds. The number of nitrogens with one attached hydrogen (secondary N) is 1. The molecule has 0 aliphatic carbocycles. The number of para-hydroxylation sites is 1. The van der Waals surface area contributed by atoms with E-state index in [0.717, 1.165) is 5.69 Å². The first-order chi connectivity index (χ1) is 14.3. The summed E-state index contributed by atoms with van der Waals surface area (Å²) >= 11 is 0.